The first-order valence-corrected chi connectivity index (χ1v) is 6.20. The van der Waals surface area contributed by atoms with Crippen molar-refractivity contribution in [3.05, 3.63) is 35.4 Å². The normalized spacial score (nSPS) is 18.9. The van der Waals surface area contributed by atoms with E-state index in [4.69, 9.17) is 0 Å². The van der Waals surface area contributed by atoms with Gasteiger partial charge in [-0.05, 0) is 19.4 Å². The molecule has 0 bridgehead atoms. The van der Waals surface area contributed by atoms with Crippen LogP contribution in [-0.4, -0.2) is 36.9 Å². The van der Waals surface area contributed by atoms with E-state index in [1.165, 1.54) is 5.56 Å². The molecule has 0 aliphatic carbocycles. The van der Waals surface area contributed by atoms with Crippen LogP contribution in [0.15, 0.2) is 24.3 Å². The van der Waals surface area contributed by atoms with E-state index in [1.807, 2.05) is 6.07 Å². The Kier molecular flexibility index (Phi) is 3.92. The Balaban J connectivity index is 2.25. The van der Waals surface area contributed by atoms with Gasteiger partial charge in [-0.1, -0.05) is 29.8 Å². The monoisotopic (exact) mass is 232 g/mol. The van der Waals surface area contributed by atoms with Crippen LogP contribution in [0.5, 0.6) is 0 Å². The molecule has 92 valence electrons. The molecule has 0 saturated carbocycles. The highest BCUT2D eigenvalue weighted by Crippen LogP contribution is 2.22. The summed E-state index contributed by atoms with van der Waals surface area (Å²) in [5, 5.41) is 3.32. The summed E-state index contributed by atoms with van der Waals surface area (Å²) >= 11 is 0. The first-order valence-electron chi connectivity index (χ1n) is 6.20. The van der Waals surface area contributed by atoms with Gasteiger partial charge in [-0.3, -0.25) is 9.69 Å². The molecule has 1 atom stereocenters. The quantitative estimate of drug-likeness (QED) is 0.858. The van der Waals surface area contributed by atoms with E-state index in [0.29, 0.717) is 0 Å². The van der Waals surface area contributed by atoms with Gasteiger partial charge in [0.05, 0.1) is 6.04 Å². The molecule has 0 aromatic heterocycles. The average Bonchev–Trinajstić information content (AvgIpc) is 2.30. The highest BCUT2D eigenvalue weighted by atomic mass is 16.1. The third kappa shape index (κ3) is 2.93. The molecule has 1 N–H and O–H groups in total. The maximum absolute atomic E-state index is 11.9. The number of carbonyl (C=O) groups excluding carboxylic acids is 1. The molecule has 0 amide bonds. The minimum atomic E-state index is -0.0722. The van der Waals surface area contributed by atoms with Gasteiger partial charge in [0, 0.05) is 26.2 Å². The van der Waals surface area contributed by atoms with Gasteiger partial charge in [0.25, 0.3) is 0 Å². The third-order valence-electron chi connectivity index (χ3n) is 3.26. The van der Waals surface area contributed by atoms with Gasteiger partial charge in [0.1, 0.15) is 0 Å². The van der Waals surface area contributed by atoms with Crippen LogP contribution in [0.2, 0.25) is 0 Å². The minimum absolute atomic E-state index is 0.0722. The lowest BCUT2D eigenvalue weighted by Gasteiger charge is -2.33. The van der Waals surface area contributed by atoms with Gasteiger partial charge in [-0.2, -0.15) is 0 Å². The molecule has 1 unspecified atom stereocenters. The molecule has 1 aromatic rings. The molecule has 1 saturated heterocycles. The fourth-order valence-corrected chi connectivity index (χ4v) is 2.48. The fraction of sp³-hybridized carbons (Fsp3) is 0.500. The van der Waals surface area contributed by atoms with Gasteiger partial charge < -0.3 is 5.32 Å². The van der Waals surface area contributed by atoms with Crippen molar-refractivity contribution in [2.24, 2.45) is 0 Å². The molecule has 2 rings (SSSR count). The van der Waals surface area contributed by atoms with E-state index >= 15 is 0 Å². The summed E-state index contributed by atoms with van der Waals surface area (Å²) in [6.45, 7) is 7.58. The number of hydrogen-bond acceptors (Lipinski definition) is 3. The second kappa shape index (κ2) is 5.43. The molecular weight excluding hydrogens is 212 g/mol. The maximum atomic E-state index is 11.9. The van der Waals surface area contributed by atoms with E-state index in [-0.39, 0.29) is 11.8 Å². The molecule has 1 aliphatic heterocycles. The SMILES string of the molecule is CC(=O)C(c1cccc(C)c1)N1CCNCC1. The molecule has 0 radical (unpaired) electrons. The maximum Gasteiger partial charge on any atom is 0.151 e. The number of benzene rings is 1. The van der Waals surface area contributed by atoms with Crippen LogP contribution in [0, 0.1) is 6.92 Å². The van der Waals surface area contributed by atoms with E-state index in [9.17, 15) is 4.79 Å². The molecular formula is C14H20N2O. The average molecular weight is 232 g/mol. The van der Waals surface area contributed by atoms with Crippen LogP contribution in [0.1, 0.15) is 24.1 Å². The van der Waals surface area contributed by atoms with Crippen LogP contribution >= 0.6 is 0 Å². The molecule has 1 fully saturated rings. The van der Waals surface area contributed by atoms with Crippen molar-refractivity contribution in [2.75, 3.05) is 26.2 Å². The highest BCUT2D eigenvalue weighted by Gasteiger charge is 2.25. The Labute approximate surface area is 103 Å². The predicted molar refractivity (Wildman–Crippen MR) is 69.0 cm³/mol. The number of rotatable bonds is 3. The Bertz CT molecular complexity index is 397. The lowest BCUT2D eigenvalue weighted by Crippen LogP contribution is -2.46. The number of hydrogen-bond donors (Lipinski definition) is 1. The minimum Gasteiger partial charge on any atom is -0.314 e. The van der Waals surface area contributed by atoms with Crippen LogP contribution in [0.4, 0.5) is 0 Å². The van der Waals surface area contributed by atoms with Crippen LogP contribution in [0.3, 0.4) is 0 Å². The van der Waals surface area contributed by atoms with Crippen molar-refractivity contribution in [1.82, 2.24) is 10.2 Å². The van der Waals surface area contributed by atoms with Crippen molar-refractivity contribution in [3.8, 4) is 0 Å². The number of carbonyl (C=O) groups is 1. The Morgan fingerprint density at radius 3 is 2.65 bits per heavy atom. The zero-order valence-electron chi connectivity index (χ0n) is 10.6. The fourth-order valence-electron chi connectivity index (χ4n) is 2.48. The van der Waals surface area contributed by atoms with Crippen LogP contribution in [-0.2, 0) is 4.79 Å². The van der Waals surface area contributed by atoms with Crippen molar-refractivity contribution in [3.63, 3.8) is 0 Å². The Morgan fingerprint density at radius 1 is 1.35 bits per heavy atom. The summed E-state index contributed by atoms with van der Waals surface area (Å²) in [6.07, 6.45) is 0. The van der Waals surface area contributed by atoms with Gasteiger partial charge in [0.2, 0.25) is 0 Å². The molecule has 0 spiro atoms. The second-order valence-corrected chi connectivity index (χ2v) is 4.71. The van der Waals surface area contributed by atoms with Crippen LogP contribution in [0.25, 0.3) is 0 Å². The Hall–Kier alpha value is -1.19. The topological polar surface area (TPSA) is 32.3 Å². The summed E-state index contributed by atoms with van der Waals surface area (Å²) in [6, 6.07) is 8.20. The zero-order chi connectivity index (χ0) is 12.3. The molecule has 17 heavy (non-hydrogen) atoms. The standard InChI is InChI=1S/C14H20N2O/c1-11-4-3-5-13(10-11)14(12(2)17)16-8-6-15-7-9-16/h3-5,10,14-15H,6-9H2,1-2H3. The molecule has 3 heteroatoms. The number of piperazine rings is 1. The summed E-state index contributed by atoms with van der Waals surface area (Å²) in [7, 11) is 0. The lowest BCUT2D eigenvalue weighted by atomic mass is 9.99. The lowest BCUT2D eigenvalue weighted by molar-refractivity contribution is -0.122. The van der Waals surface area contributed by atoms with Crippen molar-refractivity contribution in [1.29, 1.82) is 0 Å². The summed E-state index contributed by atoms with van der Waals surface area (Å²) < 4.78 is 0. The number of nitrogens with one attached hydrogen (secondary N) is 1. The van der Waals surface area contributed by atoms with Gasteiger partial charge >= 0.3 is 0 Å². The molecule has 1 aromatic carbocycles. The third-order valence-corrected chi connectivity index (χ3v) is 3.26. The number of Topliss-reactive ketones (excluding diaryl/α,β-unsaturated/α-hetero) is 1. The van der Waals surface area contributed by atoms with Gasteiger partial charge in [0.15, 0.2) is 5.78 Å². The second-order valence-electron chi connectivity index (χ2n) is 4.71. The Morgan fingerprint density at radius 2 is 2.06 bits per heavy atom. The summed E-state index contributed by atoms with van der Waals surface area (Å²) in [5.74, 6) is 0.234. The smallest absolute Gasteiger partial charge is 0.151 e. The van der Waals surface area contributed by atoms with Crippen molar-refractivity contribution >= 4 is 5.78 Å². The predicted octanol–water partition coefficient (Wildman–Crippen LogP) is 1.53. The molecule has 1 heterocycles. The van der Waals surface area contributed by atoms with Crippen molar-refractivity contribution in [2.45, 2.75) is 19.9 Å². The van der Waals surface area contributed by atoms with Crippen LogP contribution < -0.4 is 5.32 Å². The first kappa shape index (κ1) is 12.3. The number of aryl methyl sites for hydroxylation is 1. The van der Waals surface area contributed by atoms with Gasteiger partial charge in [-0.25, -0.2) is 0 Å². The molecule has 3 nitrogen and oxygen atoms in total. The van der Waals surface area contributed by atoms with E-state index in [0.717, 1.165) is 31.7 Å². The zero-order valence-corrected chi connectivity index (χ0v) is 10.6. The van der Waals surface area contributed by atoms with E-state index in [1.54, 1.807) is 6.92 Å². The highest BCUT2D eigenvalue weighted by molar-refractivity contribution is 5.83. The molecule has 1 aliphatic rings. The van der Waals surface area contributed by atoms with E-state index < -0.39 is 0 Å². The van der Waals surface area contributed by atoms with E-state index in [2.05, 4.69) is 35.3 Å². The largest absolute Gasteiger partial charge is 0.314 e. The van der Waals surface area contributed by atoms with Crippen molar-refractivity contribution < 1.29 is 4.79 Å². The first-order chi connectivity index (χ1) is 8.18. The number of ketones is 1. The number of nitrogens with zero attached hydrogens (tertiary/aromatic N) is 1. The van der Waals surface area contributed by atoms with Gasteiger partial charge in [-0.15, -0.1) is 0 Å². The summed E-state index contributed by atoms with van der Waals surface area (Å²) in [5.41, 5.74) is 2.34. The summed E-state index contributed by atoms with van der Waals surface area (Å²) in [4.78, 5) is 14.2.